The summed E-state index contributed by atoms with van der Waals surface area (Å²) in [5.74, 6) is -0.274. The maximum Gasteiger partial charge on any atom is 0.249 e. The van der Waals surface area contributed by atoms with E-state index in [9.17, 15) is 9.59 Å². The molecule has 1 atom stereocenters. The molecule has 3 rings (SSSR count). The van der Waals surface area contributed by atoms with Crippen LogP contribution in [0.4, 0.5) is 0 Å². The number of rotatable bonds is 8. The molecular weight excluding hydrogens is 376 g/mol. The number of carbonyl (C=O) groups is 2. The van der Waals surface area contributed by atoms with E-state index in [4.69, 9.17) is 9.47 Å². The molecule has 1 aliphatic heterocycles. The normalized spacial score (nSPS) is 15.9. The van der Waals surface area contributed by atoms with Gasteiger partial charge in [0, 0.05) is 32.2 Å². The summed E-state index contributed by atoms with van der Waals surface area (Å²) in [6.45, 7) is 1.35. The number of methoxy groups -OCH3 is 2. The van der Waals surface area contributed by atoms with E-state index in [1.54, 1.807) is 18.4 Å². The molecule has 2 heterocycles. The number of nitrogens with zero attached hydrogens (tertiary/aromatic N) is 2. The largest absolute Gasteiger partial charge is 0.383 e. The van der Waals surface area contributed by atoms with Crippen molar-refractivity contribution in [2.24, 2.45) is 0 Å². The number of thiophene rings is 1. The van der Waals surface area contributed by atoms with Crippen LogP contribution in [0.25, 0.3) is 0 Å². The smallest absolute Gasteiger partial charge is 0.249 e. The van der Waals surface area contributed by atoms with Crippen LogP contribution in [-0.2, 0) is 25.5 Å². The highest BCUT2D eigenvalue weighted by Crippen LogP contribution is 2.37. The third-order valence-electron chi connectivity index (χ3n) is 4.91. The van der Waals surface area contributed by atoms with Crippen LogP contribution in [0.15, 0.2) is 41.8 Å². The molecule has 0 radical (unpaired) electrons. The Bertz CT molecular complexity index is 793. The molecule has 0 saturated heterocycles. The van der Waals surface area contributed by atoms with Crippen LogP contribution in [-0.4, -0.2) is 68.7 Å². The van der Waals surface area contributed by atoms with Crippen LogP contribution >= 0.6 is 11.3 Å². The van der Waals surface area contributed by atoms with Gasteiger partial charge in [0.05, 0.1) is 19.2 Å². The lowest BCUT2D eigenvalue weighted by Crippen LogP contribution is -2.48. The average molecular weight is 403 g/mol. The van der Waals surface area contributed by atoms with Crippen molar-refractivity contribution in [2.75, 3.05) is 47.1 Å². The Kier molecular flexibility index (Phi) is 7.19. The molecule has 0 saturated carbocycles. The maximum absolute atomic E-state index is 13.2. The molecule has 0 unspecified atom stereocenters. The van der Waals surface area contributed by atoms with Crippen LogP contribution in [0.3, 0.4) is 0 Å². The highest BCUT2D eigenvalue weighted by Gasteiger charge is 2.33. The molecule has 0 aliphatic carbocycles. The predicted molar refractivity (Wildman–Crippen MR) is 108 cm³/mol. The molecule has 1 aliphatic rings. The lowest BCUT2D eigenvalue weighted by atomic mass is 9.93. The summed E-state index contributed by atoms with van der Waals surface area (Å²) in [5.41, 5.74) is 2.27. The Morgan fingerprint density at radius 1 is 1.18 bits per heavy atom. The Morgan fingerprint density at radius 2 is 1.96 bits per heavy atom. The molecule has 28 heavy (non-hydrogen) atoms. The molecule has 0 spiro atoms. The zero-order valence-corrected chi connectivity index (χ0v) is 17.1. The van der Waals surface area contributed by atoms with Gasteiger partial charge in [-0.2, -0.15) is 0 Å². The van der Waals surface area contributed by atoms with Crippen molar-refractivity contribution in [1.82, 2.24) is 9.80 Å². The summed E-state index contributed by atoms with van der Waals surface area (Å²) >= 11 is 1.74. The van der Waals surface area contributed by atoms with Gasteiger partial charge in [0.25, 0.3) is 0 Å². The second kappa shape index (κ2) is 9.82. The van der Waals surface area contributed by atoms with Crippen molar-refractivity contribution < 1.29 is 19.1 Å². The van der Waals surface area contributed by atoms with Gasteiger partial charge in [0.2, 0.25) is 11.8 Å². The molecule has 2 aromatic rings. The van der Waals surface area contributed by atoms with Gasteiger partial charge >= 0.3 is 0 Å². The molecule has 150 valence electrons. The van der Waals surface area contributed by atoms with E-state index in [0.29, 0.717) is 19.7 Å². The minimum Gasteiger partial charge on any atom is -0.383 e. The van der Waals surface area contributed by atoms with Gasteiger partial charge < -0.3 is 19.3 Å². The summed E-state index contributed by atoms with van der Waals surface area (Å²) in [6, 6.07) is 12.0. The van der Waals surface area contributed by atoms with Crippen molar-refractivity contribution in [2.45, 2.75) is 12.5 Å². The molecule has 1 aromatic heterocycles. The maximum atomic E-state index is 13.2. The van der Waals surface area contributed by atoms with Crippen molar-refractivity contribution >= 4 is 23.2 Å². The SMILES string of the molecule is COCCN(CC(=O)N1CCc2sccc2[C@H]1c1ccccc1)C(=O)COC. The number of carbonyl (C=O) groups excluding carboxylic acids is 2. The standard InChI is InChI=1S/C21H26N2O4S/c1-26-12-11-22(20(25)15-27-2)14-19(24)23-10-8-18-17(9-13-28-18)21(23)16-6-4-3-5-7-16/h3-7,9,13,21H,8,10-12,14-15H2,1-2H3/t21-/m1/s1. The van der Waals surface area contributed by atoms with Gasteiger partial charge in [0.15, 0.2) is 0 Å². The van der Waals surface area contributed by atoms with Crippen LogP contribution in [0.2, 0.25) is 0 Å². The van der Waals surface area contributed by atoms with E-state index in [1.807, 2.05) is 23.1 Å². The van der Waals surface area contributed by atoms with Crippen molar-refractivity contribution in [3.8, 4) is 0 Å². The molecule has 2 amide bonds. The van der Waals surface area contributed by atoms with Crippen molar-refractivity contribution in [3.05, 3.63) is 57.8 Å². The van der Waals surface area contributed by atoms with Crippen molar-refractivity contribution in [1.29, 1.82) is 0 Å². The van der Waals surface area contributed by atoms with Crippen molar-refractivity contribution in [3.63, 3.8) is 0 Å². The molecule has 0 N–H and O–H groups in total. The summed E-state index contributed by atoms with van der Waals surface area (Å²) in [7, 11) is 3.05. The Hall–Kier alpha value is -2.22. The molecule has 1 aromatic carbocycles. The number of amides is 2. The van der Waals surface area contributed by atoms with Crippen LogP contribution < -0.4 is 0 Å². The zero-order valence-electron chi connectivity index (χ0n) is 16.3. The second-order valence-electron chi connectivity index (χ2n) is 6.69. The van der Waals surface area contributed by atoms with E-state index in [2.05, 4.69) is 23.6 Å². The van der Waals surface area contributed by atoms with E-state index >= 15 is 0 Å². The fourth-order valence-corrected chi connectivity index (χ4v) is 4.45. The second-order valence-corrected chi connectivity index (χ2v) is 7.69. The third kappa shape index (κ3) is 4.60. The first-order chi connectivity index (χ1) is 13.7. The van der Waals surface area contributed by atoms with E-state index in [-0.39, 0.29) is 31.0 Å². The van der Waals surface area contributed by atoms with Gasteiger partial charge in [-0.1, -0.05) is 30.3 Å². The van der Waals surface area contributed by atoms with Gasteiger partial charge in [-0.25, -0.2) is 0 Å². The highest BCUT2D eigenvalue weighted by atomic mass is 32.1. The summed E-state index contributed by atoms with van der Waals surface area (Å²) in [5, 5.41) is 2.08. The van der Waals surface area contributed by atoms with E-state index in [0.717, 1.165) is 12.0 Å². The molecule has 0 bridgehead atoms. The van der Waals surface area contributed by atoms with Gasteiger partial charge in [-0.3, -0.25) is 9.59 Å². The van der Waals surface area contributed by atoms with E-state index in [1.165, 1.54) is 22.5 Å². The minimum atomic E-state index is -0.211. The summed E-state index contributed by atoms with van der Waals surface area (Å²) in [4.78, 5) is 30.3. The number of benzene rings is 1. The highest BCUT2D eigenvalue weighted by molar-refractivity contribution is 7.10. The van der Waals surface area contributed by atoms with Gasteiger partial charge in [0.1, 0.15) is 6.61 Å². The summed E-state index contributed by atoms with van der Waals surface area (Å²) in [6.07, 6.45) is 0.839. The predicted octanol–water partition coefficient (Wildman–Crippen LogP) is 2.34. The fraction of sp³-hybridized carbons (Fsp3) is 0.429. The first-order valence-corrected chi connectivity index (χ1v) is 10.2. The molecule has 7 heteroatoms. The van der Waals surface area contributed by atoms with Crippen LogP contribution in [0.5, 0.6) is 0 Å². The first-order valence-electron chi connectivity index (χ1n) is 9.32. The number of ether oxygens (including phenoxy) is 2. The zero-order chi connectivity index (χ0) is 19.9. The van der Waals surface area contributed by atoms with Gasteiger partial charge in [-0.15, -0.1) is 11.3 Å². The summed E-state index contributed by atoms with van der Waals surface area (Å²) < 4.78 is 10.1. The topological polar surface area (TPSA) is 59.1 Å². The van der Waals surface area contributed by atoms with Crippen LogP contribution in [0.1, 0.15) is 22.0 Å². The lowest BCUT2D eigenvalue weighted by Gasteiger charge is -2.37. The average Bonchev–Trinajstić information content (AvgIpc) is 3.19. The molecular formula is C21H26N2O4S. The molecule has 0 fully saturated rings. The molecule has 6 nitrogen and oxygen atoms in total. The number of hydrogen-bond acceptors (Lipinski definition) is 5. The number of hydrogen-bond donors (Lipinski definition) is 0. The van der Waals surface area contributed by atoms with Gasteiger partial charge in [-0.05, 0) is 29.0 Å². The monoisotopic (exact) mass is 402 g/mol. The Morgan fingerprint density at radius 3 is 2.68 bits per heavy atom. The minimum absolute atomic E-state index is 0.0222. The van der Waals surface area contributed by atoms with Crippen LogP contribution in [0, 0.1) is 0 Å². The number of fused-ring (bicyclic) bond motifs is 1. The Labute approximate surface area is 169 Å². The lowest BCUT2D eigenvalue weighted by molar-refractivity contribution is -0.144. The first kappa shape index (κ1) is 20.5. The Balaban J connectivity index is 1.83. The van der Waals surface area contributed by atoms with E-state index < -0.39 is 0 Å². The fourth-order valence-electron chi connectivity index (χ4n) is 3.54. The third-order valence-corrected chi connectivity index (χ3v) is 5.91. The quantitative estimate of drug-likeness (QED) is 0.680.